The van der Waals surface area contributed by atoms with Gasteiger partial charge >= 0.3 is 5.25 Å². The van der Waals surface area contributed by atoms with Crippen molar-refractivity contribution in [3.05, 3.63) is 30.3 Å². The van der Waals surface area contributed by atoms with E-state index in [1.807, 2.05) is 22.6 Å². The highest BCUT2D eigenvalue weighted by Gasteiger charge is 2.46. The van der Waals surface area contributed by atoms with Crippen molar-refractivity contribution in [1.29, 1.82) is 0 Å². The molecule has 0 saturated carbocycles. The van der Waals surface area contributed by atoms with Crippen molar-refractivity contribution in [2.45, 2.75) is 59.5 Å². The molecule has 0 bridgehead atoms. The average Bonchev–Trinajstić information content (AvgIpc) is 2.44. The molecular formula is C15H21F2IO2S. The third-order valence-electron chi connectivity index (χ3n) is 3.28. The van der Waals surface area contributed by atoms with E-state index in [4.69, 9.17) is 0 Å². The number of halogens is 3. The monoisotopic (exact) mass is 430 g/mol. The van der Waals surface area contributed by atoms with Crippen LogP contribution in [0.1, 0.15) is 45.4 Å². The van der Waals surface area contributed by atoms with Gasteiger partial charge in [0.25, 0.3) is 0 Å². The molecule has 1 rings (SSSR count). The van der Waals surface area contributed by atoms with E-state index in [1.54, 1.807) is 6.07 Å². The van der Waals surface area contributed by atoms with Crippen LogP contribution in [0, 0.1) is 0 Å². The van der Waals surface area contributed by atoms with Crippen molar-refractivity contribution in [1.82, 2.24) is 0 Å². The van der Waals surface area contributed by atoms with Crippen molar-refractivity contribution in [3.63, 3.8) is 0 Å². The molecule has 1 atom stereocenters. The zero-order chi connectivity index (χ0) is 15.9. The maximum atomic E-state index is 14.1. The van der Waals surface area contributed by atoms with Crippen LogP contribution < -0.4 is 0 Å². The first kappa shape index (κ1) is 18.8. The van der Waals surface area contributed by atoms with E-state index in [0.29, 0.717) is 6.42 Å². The van der Waals surface area contributed by atoms with Crippen molar-refractivity contribution in [2.75, 3.05) is 0 Å². The standard InChI is InChI=1S/C15H21F2IO2S/c1-2-3-4-6-9-13(18)12-15(16,17)21(19,20)14-10-7-5-8-11-14/h5,7-8,10-11,13H,2-4,6,9,12H2,1H3. The zero-order valence-electron chi connectivity index (χ0n) is 12.1. The summed E-state index contributed by atoms with van der Waals surface area (Å²) >= 11 is 1.93. The van der Waals surface area contributed by atoms with E-state index in [9.17, 15) is 17.2 Å². The summed E-state index contributed by atoms with van der Waals surface area (Å²) in [6.07, 6.45) is 4.04. The Morgan fingerprint density at radius 1 is 1.14 bits per heavy atom. The normalized spacial score (nSPS) is 14.1. The number of hydrogen-bond acceptors (Lipinski definition) is 2. The Labute approximate surface area is 139 Å². The molecule has 0 radical (unpaired) electrons. The molecule has 0 aliphatic heterocycles. The maximum absolute atomic E-state index is 14.1. The molecule has 1 unspecified atom stereocenters. The summed E-state index contributed by atoms with van der Waals surface area (Å²) in [5, 5.41) is -3.72. The third kappa shape index (κ3) is 5.47. The van der Waals surface area contributed by atoms with Crippen LogP contribution in [-0.2, 0) is 9.84 Å². The first-order chi connectivity index (χ1) is 9.81. The largest absolute Gasteiger partial charge is 0.351 e. The molecule has 0 amide bonds. The van der Waals surface area contributed by atoms with E-state index in [-0.39, 0.29) is 8.82 Å². The van der Waals surface area contributed by atoms with Crippen LogP contribution in [-0.4, -0.2) is 17.6 Å². The second-order valence-electron chi connectivity index (χ2n) is 5.10. The van der Waals surface area contributed by atoms with Crippen molar-refractivity contribution >= 4 is 32.4 Å². The van der Waals surface area contributed by atoms with Crippen LogP contribution >= 0.6 is 22.6 Å². The topological polar surface area (TPSA) is 34.1 Å². The fourth-order valence-corrected chi connectivity index (χ4v) is 4.61. The lowest BCUT2D eigenvalue weighted by atomic mass is 10.1. The van der Waals surface area contributed by atoms with E-state index in [0.717, 1.165) is 25.7 Å². The van der Waals surface area contributed by atoms with E-state index in [1.165, 1.54) is 24.3 Å². The number of sulfone groups is 1. The first-order valence-electron chi connectivity index (χ1n) is 7.13. The van der Waals surface area contributed by atoms with Crippen LogP contribution in [0.3, 0.4) is 0 Å². The summed E-state index contributed by atoms with van der Waals surface area (Å²) in [6.45, 7) is 2.09. The molecule has 6 heteroatoms. The number of unbranched alkanes of at least 4 members (excludes halogenated alkanes) is 3. The highest BCUT2D eigenvalue weighted by Crippen LogP contribution is 2.36. The minimum Gasteiger partial charge on any atom is -0.217 e. The summed E-state index contributed by atoms with van der Waals surface area (Å²) in [6, 6.07) is 6.94. The molecular weight excluding hydrogens is 409 g/mol. The Balaban J connectivity index is 2.68. The Kier molecular flexibility index (Phi) is 7.53. The van der Waals surface area contributed by atoms with Gasteiger partial charge in [0.1, 0.15) is 0 Å². The number of alkyl halides is 3. The predicted octanol–water partition coefficient (Wildman–Crippen LogP) is 5.22. The molecule has 0 aliphatic rings. The molecule has 1 aromatic carbocycles. The molecule has 21 heavy (non-hydrogen) atoms. The number of rotatable bonds is 9. The summed E-state index contributed by atoms with van der Waals surface area (Å²) < 4.78 is 51.9. The first-order valence-corrected chi connectivity index (χ1v) is 9.85. The van der Waals surface area contributed by atoms with Gasteiger partial charge < -0.3 is 0 Å². The average molecular weight is 430 g/mol. The van der Waals surface area contributed by atoms with E-state index < -0.39 is 21.5 Å². The summed E-state index contributed by atoms with van der Waals surface area (Å²) in [4.78, 5) is -0.315. The summed E-state index contributed by atoms with van der Waals surface area (Å²) in [5.41, 5.74) is 0. The van der Waals surface area contributed by atoms with Crippen LogP contribution in [0.2, 0.25) is 0 Å². The second kappa shape index (κ2) is 8.41. The molecule has 0 aliphatic carbocycles. The lowest BCUT2D eigenvalue weighted by molar-refractivity contribution is 0.0820. The fraction of sp³-hybridized carbons (Fsp3) is 0.600. The van der Waals surface area contributed by atoms with Crippen LogP contribution in [0.4, 0.5) is 8.78 Å². The lowest BCUT2D eigenvalue weighted by Gasteiger charge is -2.20. The van der Waals surface area contributed by atoms with Gasteiger partial charge in [0, 0.05) is 10.3 Å². The van der Waals surface area contributed by atoms with Crippen LogP contribution in [0.25, 0.3) is 0 Å². The van der Waals surface area contributed by atoms with Gasteiger partial charge in [0.05, 0.1) is 4.90 Å². The Morgan fingerprint density at radius 2 is 1.76 bits per heavy atom. The number of benzene rings is 1. The molecule has 0 fully saturated rings. The van der Waals surface area contributed by atoms with Gasteiger partial charge in [0.2, 0.25) is 9.84 Å². The predicted molar refractivity (Wildman–Crippen MR) is 89.8 cm³/mol. The van der Waals surface area contributed by atoms with E-state index in [2.05, 4.69) is 6.92 Å². The second-order valence-corrected chi connectivity index (χ2v) is 8.94. The molecule has 0 N–H and O–H groups in total. The molecule has 120 valence electrons. The van der Waals surface area contributed by atoms with Gasteiger partial charge in [-0.2, -0.15) is 8.78 Å². The van der Waals surface area contributed by atoms with Gasteiger partial charge in [0.15, 0.2) is 0 Å². The zero-order valence-corrected chi connectivity index (χ0v) is 15.0. The Morgan fingerprint density at radius 3 is 2.33 bits per heavy atom. The van der Waals surface area contributed by atoms with Crippen molar-refractivity contribution < 1.29 is 17.2 Å². The molecule has 0 spiro atoms. The van der Waals surface area contributed by atoms with Crippen molar-refractivity contribution in [3.8, 4) is 0 Å². The fourth-order valence-electron chi connectivity index (χ4n) is 2.03. The molecule has 0 aromatic heterocycles. The molecule has 0 heterocycles. The Hall–Kier alpha value is -0.240. The maximum Gasteiger partial charge on any atom is 0.351 e. The van der Waals surface area contributed by atoms with Gasteiger partial charge in [-0.15, -0.1) is 0 Å². The molecule has 2 nitrogen and oxygen atoms in total. The smallest absolute Gasteiger partial charge is 0.217 e. The van der Waals surface area contributed by atoms with E-state index >= 15 is 0 Å². The Bertz CT molecular complexity index is 518. The summed E-state index contributed by atoms with van der Waals surface area (Å²) in [7, 11) is -4.61. The summed E-state index contributed by atoms with van der Waals surface area (Å²) in [5.74, 6) is 0. The quantitative estimate of drug-likeness (QED) is 0.306. The molecule has 0 saturated heterocycles. The van der Waals surface area contributed by atoms with Gasteiger partial charge in [-0.1, -0.05) is 73.4 Å². The minimum atomic E-state index is -4.61. The van der Waals surface area contributed by atoms with Gasteiger partial charge in [-0.3, -0.25) is 0 Å². The molecule has 1 aromatic rings. The van der Waals surface area contributed by atoms with Crippen LogP contribution in [0.15, 0.2) is 35.2 Å². The highest BCUT2D eigenvalue weighted by molar-refractivity contribution is 14.1. The SMILES string of the molecule is CCCCCCC(I)CC(F)(F)S(=O)(=O)c1ccccc1. The van der Waals surface area contributed by atoms with Gasteiger partial charge in [-0.05, 0) is 18.6 Å². The minimum absolute atomic E-state index is 0.315. The van der Waals surface area contributed by atoms with Crippen molar-refractivity contribution in [2.24, 2.45) is 0 Å². The van der Waals surface area contributed by atoms with Gasteiger partial charge in [-0.25, -0.2) is 8.42 Å². The number of hydrogen-bond donors (Lipinski definition) is 0. The van der Waals surface area contributed by atoms with Crippen LogP contribution in [0.5, 0.6) is 0 Å². The highest BCUT2D eigenvalue weighted by atomic mass is 127. The third-order valence-corrected chi connectivity index (χ3v) is 6.19. The lowest BCUT2D eigenvalue weighted by Crippen LogP contribution is -2.31.